The lowest BCUT2D eigenvalue weighted by Crippen LogP contribution is -2.43. The summed E-state index contributed by atoms with van der Waals surface area (Å²) in [5.74, 6) is -0.607. The predicted octanol–water partition coefficient (Wildman–Crippen LogP) is 1.92. The van der Waals surface area contributed by atoms with Gasteiger partial charge in [-0.1, -0.05) is 30.3 Å². The molecule has 0 spiro atoms. The van der Waals surface area contributed by atoms with Crippen LogP contribution in [0.3, 0.4) is 0 Å². The van der Waals surface area contributed by atoms with E-state index in [2.05, 4.69) is 10.6 Å². The summed E-state index contributed by atoms with van der Waals surface area (Å²) in [7, 11) is 0. The topological polar surface area (TPSA) is 91.7 Å². The lowest BCUT2D eigenvalue weighted by Gasteiger charge is -2.19. The number of urea groups is 1. The second-order valence-corrected chi connectivity index (χ2v) is 6.12. The lowest BCUT2D eigenvalue weighted by molar-refractivity contribution is -0.135. The zero-order valence-corrected chi connectivity index (χ0v) is 14.0. The van der Waals surface area contributed by atoms with Crippen LogP contribution in [0.15, 0.2) is 53.1 Å². The molecule has 7 nitrogen and oxygen atoms in total. The highest BCUT2D eigenvalue weighted by Crippen LogP contribution is 2.28. The molecule has 2 N–H and O–H groups in total. The molecule has 1 aliphatic heterocycles. The number of rotatable bonds is 5. The molecular weight excluding hydrogens is 322 g/mol. The number of imide groups is 1. The lowest BCUT2D eigenvalue weighted by atomic mass is 9.99. The molecular formula is C18H19N3O4. The number of hydrogen-bond acceptors (Lipinski definition) is 4. The maximum atomic E-state index is 12.6. The molecule has 2 unspecified atom stereocenters. The van der Waals surface area contributed by atoms with E-state index in [0.29, 0.717) is 5.76 Å². The Morgan fingerprint density at radius 2 is 1.96 bits per heavy atom. The number of furan rings is 1. The maximum Gasteiger partial charge on any atom is 0.325 e. The number of carbonyl (C=O) groups excluding carboxylic acids is 3. The van der Waals surface area contributed by atoms with E-state index in [9.17, 15) is 14.4 Å². The van der Waals surface area contributed by atoms with Crippen molar-refractivity contribution in [2.75, 3.05) is 6.54 Å². The van der Waals surface area contributed by atoms with Crippen molar-refractivity contribution < 1.29 is 18.8 Å². The van der Waals surface area contributed by atoms with Crippen LogP contribution in [0.2, 0.25) is 0 Å². The molecule has 1 aliphatic rings. The molecule has 1 saturated heterocycles. The van der Waals surface area contributed by atoms with Gasteiger partial charge in [0.25, 0.3) is 5.91 Å². The molecule has 1 aromatic heterocycles. The molecule has 1 aromatic carbocycles. The fourth-order valence-corrected chi connectivity index (χ4v) is 2.83. The third-order valence-electron chi connectivity index (χ3n) is 4.27. The Kier molecular flexibility index (Phi) is 4.31. The van der Waals surface area contributed by atoms with Gasteiger partial charge in [-0.15, -0.1) is 0 Å². The molecule has 2 aromatic rings. The minimum Gasteiger partial charge on any atom is -0.466 e. The van der Waals surface area contributed by atoms with Gasteiger partial charge in [-0.2, -0.15) is 0 Å². The van der Waals surface area contributed by atoms with E-state index >= 15 is 0 Å². The number of nitrogens with zero attached hydrogens (tertiary/aromatic N) is 1. The van der Waals surface area contributed by atoms with Gasteiger partial charge in [0, 0.05) is 0 Å². The van der Waals surface area contributed by atoms with Crippen molar-refractivity contribution in [3.8, 4) is 0 Å². The van der Waals surface area contributed by atoms with E-state index in [1.807, 2.05) is 37.3 Å². The van der Waals surface area contributed by atoms with Gasteiger partial charge < -0.3 is 15.1 Å². The molecule has 25 heavy (non-hydrogen) atoms. The molecule has 0 radical (unpaired) electrons. The molecule has 1 fully saturated rings. The summed E-state index contributed by atoms with van der Waals surface area (Å²) >= 11 is 0. The van der Waals surface area contributed by atoms with Crippen LogP contribution in [0.1, 0.15) is 31.2 Å². The van der Waals surface area contributed by atoms with Crippen LogP contribution in [-0.2, 0) is 15.1 Å². The summed E-state index contributed by atoms with van der Waals surface area (Å²) in [5.41, 5.74) is -0.361. The molecule has 4 amide bonds. The zero-order valence-electron chi connectivity index (χ0n) is 14.0. The molecule has 2 heterocycles. The van der Waals surface area contributed by atoms with Gasteiger partial charge in [0.1, 0.15) is 12.3 Å². The Morgan fingerprint density at radius 1 is 1.24 bits per heavy atom. The van der Waals surface area contributed by atoms with E-state index in [-0.39, 0.29) is 12.6 Å². The van der Waals surface area contributed by atoms with Gasteiger partial charge in [0.15, 0.2) is 5.54 Å². The Bertz CT molecular complexity index is 788. The Morgan fingerprint density at radius 3 is 2.60 bits per heavy atom. The number of hydrogen-bond donors (Lipinski definition) is 2. The SMILES string of the molecule is CC(NC(=O)CN1C(=O)NC(C)(c2ccco2)C1=O)c1ccccc1. The zero-order chi connectivity index (χ0) is 18.0. The smallest absolute Gasteiger partial charge is 0.325 e. The van der Waals surface area contributed by atoms with Gasteiger partial charge in [-0.05, 0) is 31.5 Å². The third kappa shape index (κ3) is 3.13. The molecule has 7 heteroatoms. The quantitative estimate of drug-likeness (QED) is 0.813. The van der Waals surface area contributed by atoms with Crippen LogP contribution < -0.4 is 10.6 Å². The van der Waals surface area contributed by atoms with E-state index < -0.39 is 23.4 Å². The Balaban J connectivity index is 1.67. The summed E-state index contributed by atoms with van der Waals surface area (Å²) in [6, 6.07) is 11.8. The van der Waals surface area contributed by atoms with Gasteiger partial charge >= 0.3 is 6.03 Å². The first-order chi connectivity index (χ1) is 11.9. The average Bonchev–Trinajstić information content (AvgIpc) is 3.20. The van der Waals surface area contributed by atoms with Crippen molar-refractivity contribution >= 4 is 17.8 Å². The highest BCUT2D eigenvalue weighted by atomic mass is 16.3. The molecule has 0 saturated carbocycles. The van der Waals surface area contributed by atoms with Crippen LogP contribution in [0.25, 0.3) is 0 Å². The second-order valence-electron chi connectivity index (χ2n) is 6.12. The largest absolute Gasteiger partial charge is 0.466 e. The number of nitrogens with one attached hydrogen (secondary N) is 2. The van der Waals surface area contributed by atoms with Crippen LogP contribution in [0.4, 0.5) is 4.79 Å². The third-order valence-corrected chi connectivity index (χ3v) is 4.27. The van der Waals surface area contributed by atoms with E-state index in [0.717, 1.165) is 10.5 Å². The van der Waals surface area contributed by atoms with Crippen molar-refractivity contribution in [2.45, 2.75) is 25.4 Å². The van der Waals surface area contributed by atoms with Gasteiger partial charge in [0.2, 0.25) is 5.91 Å². The first kappa shape index (κ1) is 16.8. The normalized spacial score (nSPS) is 21.1. The highest BCUT2D eigenvalue weighted by molar-refractivity contribution is 6.08. The van der Waals surface area contributed by atoms with Crippen LogP contribution in [0.5, 0.6) is 0 Å². The van der Waals surface area contributed by atoms with Crippen LogP contribution >= 0.6 is 0 Å². The van der Waals surface area contributed by atoms with Crippen molar-refractivity contribution in [1.82, 2.24) is 15.5 Å². The predicted molar refractivity (Wildman–Crippen MR) is 89.3 cm³/mol. The average molecular weight is 341 g/mol. The molecule has 3 rings (SSSR count). The molecule has 2 atom stereocenters. The van der Waals surface area contributed by atoms with Crippen molar-refractivity contribution in [3.63, 3.8) is 0 Å². The van der Waals surface area contributed by atoms with E-state index in [1.165, 1.54) is 6.26 Å². The molecule has 0 aliphatic carbocycles. The first-order valence-corrected chi connectivity index (χ1v) is 7.94. The Hall–Kier alpha value is -3.09. The summed E-state index contributed by atoms with van der Waals surface area (Å²) in [5, 5.41) is 5.38. The minimum absolute atomic E-state index is 0.231. The number of carbonyl (C=O) groups is 3. The summed E-state index contributed by atoms with van der Waals surface area (Å²) in [6.45, 7) is 3.04. The Labute approximate surface area is 145 Å². The van der Waals surface area contributed by atoms with Crippen LogP contribution in [-0.4, -0.2) is 29.3 Å². The summed E-state index contributed by atoms with van der Waals surface area (Å²) in [6.07, 6.45) is 1.43. The van der Waals surface area contributed by atoms with Gasteiger partial charge in [0.05, 0.1) is 12.3 Å². The first-order valence-electron chi connectivity index (χ1n) is 7.94. The maximum absolute atomic E-state index is 12.6. The number of amides is 4. The van der Waals surface area contributed by atoms with Crippen LogP contribution in [0, 0.1) is 0 Å². The fourth-order valence-electron chi connectivity index (χ4n) is 2.83. The monoisotopic (exact) mass is 341 g/mol. The summed E-state index contributed by atoms with van der Waals surface area (Å²) in [4.78, 5) is 38.0. The standard InChI is InChI=1S/C18H19N3O4/c1-12(13-7-4-3-5-8-13)19-15(22)11-21-16(23)18(2,20-17(21)24)14-9-6-10-25-14/h3-10,12H,11H2,1-2H3,(H,19,22)(H,20,24). The van der Waals surface area contributed by atoms with E-state index in [1.54, 1.807) is 19.1 Å². The van der Waals surface area contributed by atoms with Crippen molar-refractivity contribution in [3.05, 3.63) is 60.1 Å². The highest BCUT2D eigenvalue weighted by Gasteiger charge is 2.51. The minimum atomic E-state index is -1.30. The van der Waals surface area contributed by atoms with Gasteiger partial charge in [-0.3, -0.25) is 14.5 Å². The van der Waals surface area contributed by atoms with E-state index in [4.69, 9.17) is 4.42 Å². The fraction of sp³-hybridized carbons (Fsp3) is 0.278. The van der Waals surface area contributed by atoms with Crippen molar-refractivity contribution in [2.24, 2.45) is 0 Å². The second kappa shape index (κ2) is 6.43. The van der Waals surface area contributed by atoms with Gasteiger partial charge in [-0.25, -0.2) is 4.79 Å². The molecule has 0 bridgehead atoms. The summed E-state index contributed by atoms with van der Waals surface area (Å²) < 4.78 is 5.25. The number of benzene rings is 1. The van der Waals surface area contributed by atoms with Crippen molar-refractivity contribution in [1.29, 1.82) is 0 Å². The molecule has 130 valence electrons.